The number of aryl methyl sites for hydroxylation is 2. The van der Waals surface area contributed by atoms with Gasteiger partial charge in [-0.25, -0.2) is 8.42 Å². The van der Waals surface area contributed by atoms with Crippen LogP contribution in [0.3, 0.4) is 0 Å². The molecular formula is C18H18NO4S-. The second-order valence-corrected chi connectivity index (χ2v) is 7.87. The predicted octanol–water partition coefficient (Wildman–Crippen LogP) is 1.89. The van der Waals surface area contributed by atoms with Gasteiger partial charge >= 0.3 is 0 Å². The SMILES string of the molecule is Cc1ccc(C(=O)[O-])cc1S(=O)(=O)N1c2ccccc2CC[C@@H]1C. The smallest absolute Gasteiger partial charge is 0.264 e. The van der Waals surface area contributed by atoms with Crippen LogP contribution in [0.5, 0.6) is 0 Å². The van der Waals surface area contributed by atoms with Crippen LogP contribution < -0.4 is 9.41 Å². The Morgan fingerprint density at radius 1 is 1.21 bits per heavy atom. The molecule has 0 radical (unpaired) electrons. The maximum atomic E-state index is 13.3. The number of sulfonamides is 1. The zero-order valence-electron chi connectivity index (χ0n) is 13.5. The van der Waals surface area contributed by atoms with Crippen molar-refractivity contribution in [3.63, 3.8) is 0 Å². The van der Waals surface area contributed by atoms with E-state index in [9.17, 15) is 18.3 Å². The molecule has 0 bridgehead atoms. The number of carbonyl (C=O) groups is 1. The Balaban J connectivity index is 2.18. The highest BCUT2D eigenvalue weighted by Gasteiger charge is 2.34. The molecule has 5 nitrogen and oxygen atoms in total. The van der Waals surface area contributed by atoms with E-state index in [1.165, 1.54) is 22.5 Å². The van der Waals surface area contributed by atoms with Crippen LogP contribution in [0.4, 0.5) is 5.69 Å². The van der Waals surface area contributed by atoms with E-state index in [0.717, 1.165) is 18.4 Å². The minimum atomic E-state index is -3.87. The molecule has 0 aromatic heterocycles. The minimum Gasteiger partial charge on any atom is -0.545 e. The van der Waals surface area contributed by atoms with Crippen molar-refractivity contribution in [2.45, 2.75) is 37.6 Å². The quantitative estimate of drug-likeness (QED) is 0.852. The molecule has 6 heteroatoms. The van der Waals surface area contributed by atoms with Gasteiger partial charge in [0.1, 0.15) is 0 Å². The molecule has 1 aliphatic rings. The fourth-order valence-electron chi connectivity index (χ4n) is 3.13. The van der Waals surface area contributed by atoms with Gasteiger partial charge in [-0.1, -0.05) is 30.3 Å². The van der Waals surface area contributed by atoms with Crippen molar-refractivity contribution in [2.24, 2.45) is 0 Å². The third kappa shape index (κ3) is 2.67. The van der Waals surface area contributed by atoms with Crippen LogP contribution >= 0.6 is 0 Å². The Labute approximate surface area is 141 Å². The Bertz CT molecular complexity index is 905. The van der Waals surface area contributed by atoms with Crippen molar-refractivity contribution in [2.75, 3.05) is 4.31 Å². The van der Waals surface area contributed by atoms with Gasteiger partial charge in [0.2, 0.25) is 0 Å². The van der Waals surface area contributed by atoms with Crippen molar-refractivity contribution in [1.29, 1.82) is 0 Å². The third-order valence-electron chi connectivity index (χ3n) is 4.42. The average molecular weight is 344 g/mol. The highest BCUT2D eigenvalue weighted by atomic mass is 32.2. The van der Waals surface area contributed by atoms with Gasteiger partial charge in [-0.3, -0.25) is 4.31 Å². The van der Waals surface area contributed by atoms with Crippen molar-refractivity contribution < 1.29 is 18.3 Å². The summed E-state index contributed by atoms with van der Waals surface area (Å²) < 4.78 is 27.9. The molecule has 24 heavy (non-hydrogen) atoms. The molecule has 0 spiro atoms. The Morgan fingerprint density at radius 2 is 1.92 bits per heavy atom. The third-order valence-corrected chi connectivity index (χ3v) is 6.49. The highest BCUT2D eigenvalue weighted by Crippen LogP contribution is 2.36. The predicted molar refractivity (Wildman–Crippen MR) is 89.4 cm³/mol. The minimum absolute atomic E-state index is 0.00718. The van der Waals surface area contributed by atoms with Crippen LogP contribution in [0, 0.1) is 6.92 Å². The fourth-order valence-corrected chi connectivity index (χ4v) is 5.11. The van der Waals surface area contributed by atoms with Crippen molar-refractivity contribution in [1.82, 2.24) is 0 Å². The first-order valence-corrected chi connectivity index (χ1v) is 9.20. The van der Waals surface area contributed by atoms with E-state index in [4.69, 9.17) is 0 Å². The lowest BCUT2D eigenvalue weighted by atomic mass is 9.99. The molecule has 1 aliphatic heterocycles. The van der Waals surface area contributed by atoms with Crippen LogP contribution in [0.25, 0.3) is 0 Å². The molecule has 2 aromatic rings. The summed E-state index contributed by atoms with van der Waals surface area (Å²) in [6.07, 6.45) is 1.54. The molecule has 1 atom stereocenters. The van der Waals surface area contributed by atoms with Crippen molar-refractivity contribution in [3.05, 3.63) is 59.2 Å². The van der Waals surface area contributed by atoms with E-state index in [0.29, 0.717) is 11.3 Å². The monoisotopic (exact) mass is 344 g/mol. The largest absolute Gasteiger partial charge is 0.545 e. The topological polar surface area (TPSA) is 77.5 Å². The molecular weight excluding hydrogens is 326 g/mol. The van der Waals surface area contributed by atoms with Gasteiger partial charge < -0.3 is 9.90 Å². The van der Waals surface area contributed by atoms with Gasteiger partial charge in [0.25, 0.3) is 10.0 Å². The fraction of sp³-hybridized carbons (Fsp3) is 0.278. The number of carboxylic acids is 1. The number of anilines is 1. The van der Waals surface area contributed by atoms with Crippen LogP contribution in [-0.4, -0.2) is 20.4 Å². The van der Waals surface area contributed by atoms with E-state index in [1.54, 1.807) is 13.0 Å². The summed E-state index contributed by atoms with van der Waals surface area (Å²) in [6, 6.07) is 11.3. The van der Waals surface area contributed by atoms with E-state index < -0.39 is 16.0 Å². The number of hydrogen-bond donors (Lipinski definition) is 0. The van der Waals surface area contributed by atoms with Gasteiger partial charge in [-0.05, 0) is 55.5 Å². The van der Waals surface area contributed by atoms with Gasteiger partial charge in [0.15, 0.2) is 0 Å². The number of carbonyl (C=O) groups excluding carboxylic acids is 1. The van der Waals surface area contributed by atoms with Crippen molar-refractivity contribution >= 4 is 21.7 Å². The molecule has 0 saturated carbocycles. The first-order valence-electron chi connectivity index (χ1n) is 7.76. The molecule has 0 saturated heterocycles. The lowest BCUT2D eigenvalue weighted by molar-refractivity contribution is -0.255. The molecule has 0 fully saturated rings. The van der Waals surface area contributed by atoms with E-state index in [2.05, 4.69) is 0 Å². The van der Waals surface area contributed by atoms with Crippen LogP contribution in [0.2, 0.25) is 0 Å². The summed E-state index contributed by atoms with van der Waals surface area (Å²) in [5.41, 5.74) is 2.01. The summed E-state index contributed by atoms with van der Waals surface area (Å²) in [7, 11) is -3.87. The van der Waals surface area contributed by atoms with Gasteiger partial charge in [0.05, 0.1) is 16.6 Å². The molecule has 3 rings (SSSR count). The number of hydrogen-bond acceptors (Lipinski definition) is 4. The first kappa shape index (κ1) is 16.5. The number of nitrogens with zero attached hydrogens (tertiary/aromatic N) is 1. The van der Waals surface area contributed by atoms with Gasteiger partial charge in [-0.2, -0.15) is 0 Å². The van der Waals surface area contributed by atoms with E-state index >= 15 is 0 Å². The summed E-state index contributed by atoms with van der Waals surface area (Å²) in [6.45, 7) is 3.53. The Morgan fingerprint density at radius 3 is 2.62 bits per heavy atom. The Hall–Kier alpha value is -2.34. The molecule has 2 aromatic carbocycles. The molecule has 0 unspecified atom stereocenters. The van der Waals surface area contributed by atoms with Gasteiger partial charge in [-0.15, -0.1) is 0 Å². The summed E-state index contributed by atoms with van der Waals surface area (Å²) >= 11 is 0. The molecule has 1 heterocycles. The lowest BCUT2D eigenvalue weighted by Gasteiger charge is -2.36. The number of aromatic carboxylic acids is 1. The zero-order valence-corrected chi connectivity index (χ0v) is 14.3. The average Bonchev–Trinajstić information content (AvgIpc) is 2.54. The number of carboxylic acid groups (broad SMARTS) is 1. The van der Waals surface area contributed by atoms with Crippen molar-refractivity contribution in [3.8, 4) is 0 Å². The van der Waals surface area contributed by atoms with E-state index in [-0.39, 0.29) is 16.5 Å². The van der Waals surface area contributed by atoms with Gasteiger partial charge in [0, 0.05) is 6.04 Å². The lowest BCUT2D eigenvalue weighted by Crippen LogP contribution is -2.42. The molecule has 0 aliphatic carbocycles. The summed E-state index contributed by atoms with van der Waals surface area (Å²) in [5.74, 6) is -1.39. The molecule has 126 valence electrons. The maximum Gasteiger partial charge on any atom is 0.264 e. The number of fused-ring (bicyclic) bond motifs is 1. The van der Waals surface area contributed by atoms with Crippen LogP contribution in [0.1, 0.15) is 34.8 Å². The standard InChI is InChI=1S/C18H19NO4S/c1-12-7-9-15(18(20)21)11-17(12)24(22,23)19-13(2)8-10-14-5-3-4-6-16(14)19/h3-7,9,11,13H,8,10H2,1-2H3,(H,20,21)/p-1/t13-/m0/s1. The molecule has 0 amide bonds. The molecule has 0 N–H and O–H groups in total. The maximum absolute atomic E-state index is 13.3. The zero-order chi connectivity index (χ0) is 17.5. The number of rotatable bonds is 3. The van der Waals surface area contributed by atoms with Crippen LogP contribution in [-0.2, 0) is 16.4 Å². The normalized spacial score (nSPS) is 17.4. The number of para-hydroxylation sites is 1. The van der Waals surface area contributed by atoms with Crippen LogP contribution in [0.15, 0.2) is 47.4 Å². The second kappa shape index (κ2) is 5.94. The number of benzene rings is 2. The Kier molecular flexibility index (Phi) is 4.09. The summed E-state index contributed by atoms with van der Waals surface area (Å²) in [5, 5.41) is 11.1. The van der Waals surface area contributed by atoms with E-state index in [1.807, 2.05) is 25.1 Å². The highest BCUT2D eigenvalue weighted by molar-refractivity contribution is 7.93. The second-order valence-electron chi connectivity index (χ2n) is 6.09. The first-order chi connectivity index (χ1) is 11.3. The summed E-state index contributed by atoms with van der Waals surface area (Å²) in [4.78, 5) is 11.1.